The van der Waals surface area contributed by atoms with E-state index in [1.165, 1.54) is 0 Å². The molecule has 0 saturated heterocycles. The van der Waals surface area contributed by atoms with Crippen LogP contribution in [0.15, 0.2) is 12.7 Å². The van der Waals surface area contributed by atoms with Crippen molar-refractivity contribution < 1.29 is 4.74 Å². The number of hydrogen-bond donors (Lipinski definition) is 0. The maximum atomic E-state index is 5.86. The lowest BCUT2D eigenvalue weighted by Gasteiger charge is -2.25. The van der Waals surface area contributed by atoms with Crippen molar-refractivity contribution in [2.24, 2.45) is 5.41 Å². The molecule has 0 spiro atoms. The van der Waals surface area contributed by atoms with Crippen molar-refractivity contribution in [3.05, 3.63) is 12.7 Å². The zero-order valence-electron chi connectivity index (χ0n) is 8.11. The minimum Gasteiger partial charge on any atom is -0.377 e. The van der Waals surface area contributed by atoms with E-state index >= 15 is 0 Å². The quantitative estimate of drug-likeness (QED) is 0.340. The van der Waals surface area contributed by atoms with Crippen LogP contribution < -0.4 is 0 Å². The fourth-order valence-electron chi connectivity index (χ4n) is 1.17. The van der Waals surface area contributed by atoms with Gasteiger partial charge >= 0.3 is 0 Å². The number of alkyl halides is 1. The molecule has 0 amide bonds. The number of halogens is 1. The first-order valence-corrected chi connectivity index (χ1v) is 4.96. The molecule has 72 valence electrons. The van der Waals surface area contributed by atoms with Gasteiger partial charge in [0.15, 0.2) is 0 Å². The van der Waals surface area contributed by atoms with Crippen LogP contribution in [0.2, 0.25) is 0 Å². The molecule has 1 nitrogen and oxygen atoms in total. The van der Waals surface area contributed by atoms with Gasteiger partial charge in [0.05, 0.1) is 13.2 Å². The van der Waals surface area contributed by atoms with Crippen LogP contribution in [0.1, 0.15) is 26.7 Å². The maximum absolute atomic E-state index is 5.86. The number of ether oxygens (including phenoxy) is 1. The summed E-state index contributed by atoms with van der Waals surface area (Å²) in [7, 11) is 0. The van der Waals surface area contributed by atoms with Crippen molar-refractivity contribution in [3.8, 4) is 0 Å². The molecule has 0 aromatic rings. The average Bonchev–Trinajstić information content (AvgIpc) is 2.06. The Balaban J connectivity index is 3.70. The van der Waals surface area contributed by atoms with Crippen molar-refractivity contribution in [1.29, 1.82) is 0 Å². The van der Waals surface area contributed by atoms with Crippen molar-refractivity contribution in [2.75, 3.05) is 19.1 Å². The Hall–Kier alpha value is -0.0100. The molecule has 0 radical (unpaired) electrons. The lowest BCUT2D eigenvalue weighted by Crippen LogP contribution is -2.25. The summed E-state index contributed by atoms with van der Waals surface area (Å²) in [5, 5.41) is 0. The fraction of sp³-hybridized carbons (Fsp3) is 0.800. The van der Waals surface area contributed by atoms with E-state index < -0.39 is 0 Å². The zero-order chi connectivity index (χ0) is 9.45. The summed E-state index contributed by atoms with van der Waals surface area (Å²) in [5.74, 6) is 0.665. The summed E-state index contributed by atoms with van der Waals surface area (Å²) in [6, 6.07) is 0. The van der Waals surface area contributed by atoms with Crippen molar-refractivity contribution in [1.82, 2.24) is 0 Å². The minimum absolute atomic E-state index is 0.138. The van der Waals surface area contributed by atoms with Gasteiger partial charge in [0.2, 0.25) is 0 Å². The molecule has 0 heterocycles. The highest BCUT2D eigenvalue weighted by atomic mass is 35.5. The molecule has 0 aliphatic heterocycles. The number of hydrogen-bond acceptors (Lipinski definition) is 1. The predicted octanol–water partition coefficient (Wildman–Crippen LogP) is 3.23. The summed E-state index contributed by atoms with van der Waals surface area (Å²) in [6.07, 6.45) is 4.04. The molecule has 1 unspecified atom stereocenters. The molecular formula is C10H19ClO. The van der Waals surface area contributed by atoms with Crippen molar-refractivity contribution in [3.63, 3.8) is 0 Å². The van der Waals surface area contributed by atoms with Gasteiger partial charge in [0.1, 0.15) is 0 Å². The fourth-order valence-corrected chi connectivity index (χ4v) is 1.38. The Morgan fingerprint density at radius 1 is 1.58 bits per heavy atom. The third-order valence-electron chi connectivity index (χ3n) is 1.86. The molecule has 0 fully saturated rings. The predicted molar refractivity (Wildman–Crippen MR) is 54.8 cm³/mol. The topological polar surface area (TPSA) is 9.23 Å². The van der Waals surface area contributed by atoms with Crippen LogP contribution in [0.4, 0.5) is 0 Å². The summed E-state index contributed by atoms with van der Waals surface area (Å²) in [6.45, 7) is 9.27. The highest BCUT2D eigenvalue weighted by Crippen LogP contribution is 2.25. The zero-order valence-corrected chi connectivity index (χ0v) is 8.86. The van der Waals surface area contributed by atoms with E-state index in [2.05, 4.69) is 20.4 Å². The Morgan fingerprint density at radius 2 is 2.25 bits per heavy atom. The first kappa shape index (κ1) is 12.0. The molecular weight excluding hydrogens is 172 g/mol. The second-order valence-corrected chi connectivity index (χ2v) is 3.77. The second-order valence-electron chi connectivity index (χ2n) is 3.50. The lowest BCUT2D eigenvalue weighted by molar-refractivity contribution is 0.0772. The summed E-state index contributed by atoms with van der Waals surface area (Å²) in [4.78, 5) is 0. The van der Waals surface area contributed by atoms with Gasteiger partial charge in [0, 0.05) is 11.3 Å². The lowest BCUT2D eigenvalue weighted by atomic mass is 9.89. The highest BCUT2D eigenvalue weighted by Gasteiger charge is 2.21. The largest absolute Gasteiger partial charge is 0.377 e. The Morgan fingerprint density at radius 3 is 2.67 bits per heavy atom. The standard InChI is InChI=1S/C10H19ClO/c1-4-6-10(3,8-11)9-12-7-5-2/h5H,2,4,6-9H2,1,3H3. The second kappa shape index (κ2) is 6.50. The third-order valence-corrected chi connectivity index (χ3v) is 2.51. The van der Waals surface area contributed by atoms with E-state index in [1.54, 1.807) is 6.08 Å². The van der Waals surface area contributed by atoms with E-state index in [1.807, 2.05) is 0 Å². The molecule has 0 aromatic heterocycles. The summed E-state index contributed by atoms with van der Waals surface area (Å²) >= 11 is 5.86. The van der Waals surface area contributed by atoms with Crippen LogP contribution in [0.25, 0.3) is 0 Å². The molecule has 0 aromatic carbocycles. The van der Waals surface area contributed by atoms with Crippen LogP contribution in [0, 0.1) is 5.41 Å². The molecule has 2 heteroatoms. The first-order chi connectivity index (χ1) is 5.68. The smallest absolute Gasteiger partial charge is 0.0645 e. The molecule has 0 aliphatic rings. The van der Waals surface area contributed by atoms with Gasteiger partial charge in [-0.1, -0.05) is 26.3 Å². The summed E-state index contributed by atoms with van der Waals surface area (Å²) < 4.78 is 5.39. The third kappa shape index (κ3) is 4.78. The van der Waals surface area contributed by atoms with Crippen molar-refractivity contribution >= 4 is 11.6 Å². The average molecular weight is 191 g/mol. The van der Waals surface area contributed by atoms with Crippen LogP contribution >= 0.6 is 11.6 Å². The highest BCUT2D eigenvalue weighted by molar-refractivity contribution is 6.18. The van der Waals surface area contributed by atoms with E-state index in [4.69, 9.17) is 16.3 Å². The summed E-state index contributed by atoms with van der Waals surface area (Å²) in [5.41, 5.74) is 0.138. The maximum Gasteiger partial charge on any atom is 0.0645 e. The molecule has 1 atom stereocenters. The van der Waals surface area contributed by atoms with E-state index in [0.717, 1.165) is 19.4 Å². The van der Waals surface area contributed by atoms with Crippen LogP contribution in [-0.2, 0) is 4.74 Å². The molecule has 0 N–H and O–H groups in total. The van der Waals surface area contributed by atoms with Gasteiger partial charge in [-0.25, -0.2) is 0 Å². The first-order valence-electron chi connectivity index (χ1n) is 4.43. The van der Waals surface area contributed by atoms with Gasteiger partial charge < -0.3 is 4.74 Å². The van der Waals surface area contributed by atoms with Gasteiger partial charge in [-0.3, -0.25) is 0 Å². The van der Waals surface area contributed by atoms with Gasteiger partial charge in [-0.05, 0) is 6.42 Å². The molecule has 0 rings (SSSR count). The van der Waals surface area contributed by atoms with Gasteiger partial charge in [-0.2, -0.15) is 0 Å². The molecule has 0 saturated carbocycles. The van der Waals surface area contributed by atoms with Gasteiger partial charge in [0.25, 0.3) is 0 Å². The Labute approximate surface area is 80.8 Å². The Kier molecular flexibility index (Phi) is 6.49. The molecule has 0 aliphatic carbocycles. The van der Waals surface area contributed by atoms with Crippen LogP contribution in [-0.4, -0.2) is 19.1 Å². The minimum atomic E-state index is 0.138. The SMILES string of the molecule is C=CCOCC(C)(CCl)CCC. The van der Waals surface area contributed by atoms with Gasteiger partial charge in [-0.15, -0.1) is 18.2 Å². The van der Waals surface area contributed by atoms with Crippen LogP contribution in [0.5, 0.6) is 0 Å². The normalized spacial score (nSPS) is 15.6. The van der Waals surface area contributed by atoms with E-state index in [-0.39, 0.29) is 5.41 Å². The molecule has 0 bridgehead atoms. The number of rotatable bonds is 7. The monoisotopic (exact) mass is 190 g/mol. The molecule has 12 heavy (non-hydrogen) atoms. The van der Waals surface area contributed by atoms with Crippen LogP contribution in [0.3, 0.4) is 0 Å². The Bertz CT molecular complexity index is 125. The van der Waals surface area contributed by atoms with E-state index in [9.17, 15) is 0 Å². The van der Waals surface area contributed by atoms with E-state index in [0.29, 0.717) is 12.5 Å². The van der Waals surface area contributed by atoms with Crippen molar-refractivity contribution in [2.45, 2.75) is 26.7 Å².